The average Bonchev–Trinajstić information content (AvgIpc) is 2.77. The van der Waals surface area contributed by atoms with Crippen LogP contribution in [0.1, 0.15) is 18.4 Å². The number of piperidine rings is 1. The molecule has 0 saturated carbocycles. The van der Waals surface area contributed by atoms with Gasteiger partial charge in [-0.15, -0.1) is 0 Å². The second-order valence-electron chi connectivity index (χ2n) is 7.65. The topological polar surface area (TPSA) is 61.4 Å². The highest BCUT2D eigenvalue weighted by atomic mass is 35.5. The Hall–Kier alpha value is -3.31. The molecule has 2 N–H and O–H groups in total. The van der Waals surface area contributed by atoms with Crippen molar-refractivity contribution in [3.63, 3.8) is 0 Å². The molecule has 1 fully saturated rings. The summed E-state index contributed by atoms with van der Waals surface area (Å²) in [5.74, 6) is -0.0962. The molecule has 0 aliphatic carbocycles. The molecule has 0 spiro atoms. The normalized spacial score (nSPS) is 16.1. The number of nitrogens with one attached hydrogen (secondary N) is 2. The van der Waals surface area contributed by atoms with Crippen LogP contribution in [0.15, 0.2) is 72.8 Å². The van der Waals surface area contributed by atoms with Crippen LogP contribution < -0.4 is 15.5 Å². The van der Waals surface area contributed by atoms with E-state index in [9.17, 15) is 9.59 Å². The minimum Gasteiger partial charge on any atom is -0.326 e. The van der Waals surface area contributed by atoms with Crippen LogP contribution in [-0.2, 0) is 4.79 Å². The highest BCUT2D eigenvalue weighted by Crippen LogP contribution is 2.27. The zero-order valence-corrected chi connectivity index (χ0v) is 18.0. The van der Waals surface area contributed by atoms with Crippen molar-refractivity contribution in [1.29, 1.82) is 0 Å². The summed E-state index contributed by atoms with van der Waals surface area (Å²) < 4.78 is 0. The van der Waals surface area contributed by atoms with E-state index in [1.54, 1.807) is 29.2 Å². The number of rotatable bonds is 4. The van der Waals surface area contributed by atoms with Crippen molar-refractivity contribution in [2.75, 3.05) is 16.8 Å². The first-order valence-corrected chi connectivity index (χ1v) is 10.7. The molecule has 0 bridgehead atoms. The summed E-state index contributed by atoms with van der Waals surface area (Å²) in [5, 5.41) is 6.14. The number of carbonyl (C=O) groups is 2. The lowest BCUT2D eigenvalue weighted by molar-refractivity contribution is -0.121. The molecule has 4 rings (SSSR count). The first-order chi connectivity index (χ1) is 15.0. The van der Waals surface area contributed by atoms with E-state index in [0.29, 0.717) is 23.7 Å². The molecular formula is C25H24ClN3O2. The van der Waals surface area contributed by atoms with Crippen LogP contribution in [0.25, 0.3) is 11.1 Å². The van der Waals surface area contributed by atoms with E-state index in [1.807, 2.05) is 36.4 Å². The fourth-order valence-corrected chi connectivity index (χ4v) is 3.97. The third kappa shape index (κ3) is 4.89. The molecule has 1 aliphatic rings. The van der Waals surface area contributed by atoms with Crippen molar-refractivity contribution in [1.82, 2.24) is 5.32 Å². The Morgan fingerprint density at radius 2 is 1.71 bits per heavy atom. The van der Waals surface area contributed by atoms with Crippen LogP contribution in [-0.4, -0.2) is 24.5 Å². The Kier molecular flexibility index (Phi) is 6.23. The number of amides is 3. The van der Waals surface area contributed by atoms with Gasteiger partial charge in [-0.25, -0.2) is 4.79 Å². The van der Waals surface area contributed by atoms with E-state index in [0.717, 1.165) is 17.7 Å². The van der Waals surface area contributed by atoms with E-state index in [1.165, 1.54) is 11.1 Å². The van der Waals surface area contributed by atoms with Crippen molar-refractivity contribution >= 4 is 34.9 Å². The van der Waals surface area contributed by atoms with Crippen LogP contribution in [0, 0.1) is 6.92 Å². The van der Waals surface area contributed by atoms with Gasteiger partial charge in [0.05, 0.1) is 0 Å². The van der Waals surface area contributed by atoms with E-state index in [2.05, 4.69) is 29.7 Å². The average molecular weight is 434 g/mol. The second-order valence-corrected chi connectivity index (χ2v) is 8.09. The molecule has 0 radical (unpaired) electrons. The van der Waals surface area contributed by atoms with Crippen molar-refractivity contribution in [2.24, 2.45) is 0 Å². The van der Waals surface area contributed by atoms with Gasteiger partial charge in [0.2, 0.25) is 5.91 Å². The molecule has 5 nitrogen and oxygen atoms in total. The fourth-order valence-electron chi connectivity index (χ4n) is 3.84. The molecule has 1 heterocycles. The van der Waals surface area contributed by atoms with Crippen LogP contribution in [0.2, 0.25) is 5.02 Å². The van der Waals surface area contributed by atoms with Crippen molar-refractivity contribution < 1.29 is 9.59 Å². The van der Waals surface area contributed by atoms with Gasteiger partial charge in [-0.3, -0.25) is 4.79 Å². The van der Waals surface area contributed by atoms with Crippen LogP contribution >= 0.6 is 11.6 Å². The van der Waals surface area contributed by atoms with Crippen LogP contribution in [0.5, 0.6) is 0 Å². The Morgan fingerprint density at radius 3 is 2.42 bits per heavy atom. The number of hydrogen-bond acceptors (Lipinski definition) is 2. The van der Waals surface area contributed by atoms with Gasteiger partial charge in [-0.05, 0) is 72.9 Å². The molecule has 1 aliphatic heterocycles. The zero-order valence-electron chi connectivity index (χ0n) is 17.3. The number of benzene rings is 3. The van der Waals surface area contributed by atoms with Gasteiger partial charge in [0, 0.05) is 22.9 Å². The molecule has 1 saturated heterocycles. The van der Waals surface area contributed by atoms with Gasteiger partial charge >= 0.3 is 6.03 Å². The number of carbonyl (C=O) groups excluding carboxylic acids is 2. The summed E-state index contributed by atoms with van der Waals surface area (Å²) in [6.07, 6.45) is 1.43. The quantitative estimate of drug-likeness (QED) is 0.559. The predicted molar refractivity (Wildman–Crippen MR) is 126 cm³/mol. The monoisotopic (exact) mass is 433 g/mol. The molecule has 1 atom stereocenters. The van der Waals surface area contributed by atoms with Crippen LogP contribution in [0.3, 0.4) is 0 Å². The first kappa shape index (κ1) is 20.9. The van der Waals surface area contributed by atoms with Crippen LogP contribution in [0.4, 0.5) is 16.2 Å². The Balaban J connectivity index is 1.43. The van der Waals surface area contributed by atoms with Gasteiger partial charge in [-0.1, -0.05) is 48.0 Å². The Bertz CT molecular complexity index is 1080. The molecule has 1 unspecified atom stereocenters. The molecule has 0 aromatic heterocycles. The van der Waals surface area contributed by atoms with E-state index in [4.69, 9.17) is 11.6 Å². The number of nitrogens with zero attached hydrogens (tertiary/aromatic N) is 1. The third-order valence-corrected chi connectivity index (χ3v) is 5.73. The lowest BCUT2D eigenvalue weighted by Crippen LogP contribution is -2.53. The fraction of sp³-hybridized carbons (Fsp3) is 0.200. The smallest absolute Gasteiger partial charge is 0.319 e. The minimum absolute atomic E-state index is 0.0962. The van der Waals surface area contributed by atoms with Gasteiger partial charge in [-0.2, -0.15) is 0 Å². The Labute approximate surface area is 187 Å². The lowest BCUT2D eigenvalue weighted by atomic mass is 9.99. The highest BCUT2D eigenvalue weighted by Gasteiger charge is 2.30. The van der Waals surface area contributed by atoms with E-state index >= 15 is 0 Å². The zero-order chi connectivity index (χ0) is 21.8. The number of halogens is 1. The maximum Gasteiger partial charge on any atom is 0.319 e. The predicted octanol–water partition coefficient (Wildman–Crippen LogP) is 5.63. The minimum atomic E-state index is -0.558. The maximum atomic E-state index is 13.0. The summed E-state index contributed by atoms with van der Waals surface area (Å²) in [6.45, 7) is 2.72. The molecular weight excluding hydrogens is 410 g/mol. The number of anilines is 2. The van der Waals surface area contributed by atoms with Crippen molar-refractivity contribution in [3.8, 4) is 11.1 Å². The molecule has 158 valence electrons. The van der Waals surface area contributed by atoms with Gasteiger partial charge < -0.3 is 15.5 Å². The number of aryl methyl sites for hydroxylation is 1. The lowest BCUT2D eigenvalue weighted by Gasteiger charge is -2.32. The third-order valence-electron chi connectivity index (χ3n) is 5.48. The Morgan fingerprint density at radius 1 is 1.00 bits per heavy atom. The highest BCUT2D eigenvalue weighted by molar-refractivity contribution is 6.30. The summed E-state index contributed by atoms with van der Waals surface area (Å²) in [5.41, 5.74) is 4.96. The second kappa shape index (κ2) is 9.23. The summed E-state index contributed by atoms with van der Waals surface area (Å²) in [7, 11) is 0. The van der Waals surface area contributed by atoms with E-state index < -0.39 is 12.1 Å². The number of urea groups is 1. The van der Waals surface area contributed by atoms with Gasteiger partial charge in [0.1, 0.15) is 6.04 Å². The summed E-state index contributed by atoms with van der Waals surface area (Å²) >= 11 is 5.87. The largest absolute Gasteiger partial charge is 0.326 e. The standard InChI is InChI=1S/C25H24ClN3O2/c1-17-5-2-3-6-22(17)18-8-14-21(15-9-18)29-16-4-7-23(24(29)30)28-25(31)27-20-12-10-19(26)11-13-20/h2-3,5-6,8-15,23H,4,7,16H2,1H3,(H2,27,28,31). The summed E-state index contributed by atoms with van der Waals surface area (Å²) in [4.78, 5) is 27.1. The van der Waals surface area contributed by atoms with Crippen molar-refractivity contribution in [3.05, 3.63) is 83.4 Å². The molecule has 31 heavy (non-hydrogen) atoms. The molecule has 3 amide bonds. The number of hydrogen-bond donors (Lipinski definition) is 2. The molecule has 3 aromatic carbocycles. The SMILES string of the molecule is Cc1ccccc1-c1ccc(N2CCCC(NC(=O)Nc3ccc(Cl)cc3)C2=O)cc1. The van der Waals surface area contributed by atoms with E-state index in [-0.39, 0.29) is 5.91 Å². The van der Waals surface area contributed by atoms with Gasteiger partial charge in [0.25, 0.3) is 0 Å². The molecule has 3 aromatic rings. The molecule has 6 heteroatoms. The van der Waals surface area contributed by atoms with Gasteiger partial charge in [0.15, 0.2) is 0 Å². The van der Waals surface area contributed by atoms with Crippen molar-refractivity contribution in [2.45, 2.75) is 25.8 Å². The summed E-state index contributed by atoms with van der Waals surface area (Å²) in [6, 6.07) is 22.1. The maximum absolute atomic E-state index is 13.0. The first-order valence-electron chi connectivity index (χ1n) is 10.3.